The van der Waals surface area contributed by atoms with E-state index in [9.17, 15) is 31.1 Å². The highest BCUT2D eigenvalue weighted by Crippen LogP contribution is 2.40. The number of H-pyrrole nitrogens is 1. The molecule has 7 nitrogen and oxygen atoms in total. The molecule has 4 heterocycles. The van der Waals surface area contributed by atoms with E-state index in [1.807, 2.05) is 0 Å². The van der Waals surface area contributed by atoms with E-state index in [2.05, 4.69) is 25.3 Å². The number of carbonyl (C=O) groups excluding carboxylic acids is 1. The van der Waals surface area contributed by atoms with E-state index in [0.717, 1.165) is 18.2 Å². The number of carbonyl (C=O) groups is 1. The van der Waals surface area contributed by atoms with Gasteiger partial charge in [-0.3, -0.25) is 9.78 Å². The number of pyridine rings is 3. The van der Waals surface area contributed by atoms with Crippen LogP contribution in [0.25, 0.3) is 33.5 Å². The van der Waals surface area contributed by atoms with Gasteiger partial charge in [0.25, 0.3) is 6.43 Å². The fourth-order valence-electron chi connectivity index (χ4n) is 4.48. The van der Waals surface area contributed by atoms with Gasteiger partial charge >= 0.3 is 0 Å². The molecule has 0 aliphatic rings. The Bertz CT molecular complexity index is 1700. The fraction of sp³-hybridized carbons (Fsp3) is 0.172. The first-order valence-electron chi connectivity index (χ1n) is 12.5. The SMILES string of the molecule is O=C(Nc1cc(-c2[nH]c3c(OCC(F)F)cc(F)nc3c2-c2ccccn2)ccn1)C(CC(F)F)c1ccc(F)cc1. The summed E-state index contributed by atoms with van der Waals surface area (Å²) in [6, 6.07) is 13.5. The Kier molecular flexibility index (Phi) is 8.36. The van der Waals surface area contributed by atoms with Gasteiger partial charge in [-0.05, 0) is 42.0 Å². The van der Waals surface area contributed by atoms with Gasteiger partial charge < -0.3 is 15.0 Å². The van der Waals surface area contributed by atoms with Crippen molar-refractivity contribution in [3.05, 3.63) is 90.4 Å². The van der Waals surface area contributed by atoms with Crippen molar-refractivity contribution < 1.29 is 35.9 Å². The second-order valence-electron chi connectivity index (χ2n) is 9.11. The van der Waals surface area contributed by atoms with Crippen molar-refractivity contribution in [3.8, 4) is 28.3 Å². The van der Waals surface area contributed by atoms with Gasteiger partial charge in [-0.15, -0.1) is 0 Å². The Morgan fingerprint density at radius 1 is 0.929 bits per heavy atom. The van der Waals surface area contributed by atoms with Crippen molar-refractivity contribution in [2.45, 2.75) is 25.2 Å². The standard InChI is InChI=1S/C29H21F6N5O2/c30-17-6-4-15(5-7-17)18(12-21(31)32)29(41)39-24-11-16(8-10-37-24)26-25(19-3-1-2-9-36-19)28-27(40-26)20(13-23(35)38-28)42-14-22(33)34/h1-11,13,18,21-22,40H,12,14H2,(H,37,39,41). The number of fused-ring (bicyclic) bond motifs is 1. The van der Waals surface area contributed by atoms with Crippen LogP contribution in [0.1, 0.15) is 17.9 Å². The number of aromatic amines is 1. The van der Waals surface area contributed by atoms with Crippen LogP contribution in [0.4, 0.5) is 32.2 Å². The highest BCUT2D eigenvalue weighted by molar-refractivity contribution is 6.03. The molecule has 0 saturated heterocycles. The first-order valence-corrected chi connectivity index (χ1v) is 12.5. The molecule has 0 aliphatic carbocycles. The molecular weight excluding hydrogens is 564 g/mol. The lowest BCUT2D eigenvalue weighted by Crippen LogP contribution is -2.23. The largest absolute Gasteiger partial charge is 0.485 e. The molecule has 216 valence electrons. The zero-order valence-electron chi connectivity index (χ0n) is 21.5. The number of hydrogen-bond donors (Lipinski definition) is 2. The Balaban J connectivity index is 1.56. The van der Waals surface area contributed by atoms with Crippen molar-refractivity contribution in [3.63, 3.8) is 0 Å². The van der Waals surface area contributed by atoms with E-state index < -0.39 is 49.5 Å². The lowest BCUT2D eigenvalue weighted by Gasteiger charge is -2.17. The van der Waals surface area contributed by atoms with Crippen LogP contribution in [0.5, 0.6) is 5.75 Å². The molecule has 42 heavy (non-hydrogen) atoms. The molecule has 0 spiro atoms. The van der Waals surface area contributed by atoms with Crippen molar-refractivity contribution >= 4 is 22.8 Å². The topological polar surface area (TPSA) is 92.8 Å². The van der Waals surface area contributed by atoms with E-state index in [-0.39, 0.29) is 28.2 Å². The average Bonchev–Trinajstić information content (AvgIpc) is 3.35. The Labute approximate surface area is 234 Å². The van der Waals surface area contributed by atoms with Gasteiger partial charge in [-0.2, -0.15) is 4.39 Å². The predicted octanol–water partition coefficient (Wildman–Crippen LogP) is 6.99. The minimum absolute atomic E-state index is 0.00202. The normalized spacial score (nSPS) is 12.2. The second kappa shape index (κ2) is 12.3. The zero-order chi connectivity index (χ0) is 29.8. The number of aromatic nitrogens is 4. The first kappa shape index (κ1) is 28.6. The third-order valence-corrected chi connectivity index (χ3v) is 6.28. The van der Waals surface area contributed by atoms with Crippen LogP contribution in [0.15, 0.2) is 73.1 Å². The summed E-state index contributed by atoms with van der Waals surface area (Å²) < 4.78 is 85.5. The summed E-state index contributed by atoms with van der Waals surface area (Å²) in [6.45, 7) is -0.981. The molecule has 1 unspecified atom stereocenters. The third-order valence-electron chi connectivity index (χ3n) is 6.28. The van der Waals surface area contributed by atoms with E-state index in [1.54, 1.807) is 24.3 Å². The van der Waals surface area contributed by atoms with Crippen LogP contribution in [0.3, 0.4) is 0 Å². The van der Waals surface area contributed by atoms with Gasteiger partial charge in [0, 0.05) is 30.4 Å². The number of halogens is 6. The third kappa shape index (κ3) is 6.35. The van der Waals surface area contributed by atoms with Gasteiger partial charge in [0.15, 0.2) is 0 Å². The number of ether oxygens (including phenoxy) is 1. The Morgan fingerprint density at radius 3 is 2.40 bits per heavy atom. The summed E-state index contributed by atoms with van der Waals surface area (Å²) in [6.07, 6.45) is -3.58. The van der Waals surface area contributed by atoms with Gasteiger partial charge in [0.1, 0.15) is 35.0 Å². The minimum atomic E-state index is -2.81. The van der Waals surface area contributed by atoms with Crippen LogP contribution >= 0.6 is 0 Å². The summed E-state index contributed by atoms with van der Waals surface area (Å²) in [4.78, 5) is 28.5. The molecule has 0 saturated carbocycles. The molecule has 0 aliphatic heterocycles. The maximum Gasteiger partial charge on any atom is 0.272 e. The number of rotatable bonds is 10. The molecule has 13 heteroatoms. The number of alkyl halides is 4. The molecule has 4 aromatic heterocycles. The number of anilines is 1. The highest BCUT2D eigenvalue weighted by Gasteiger charge is 2.26. The lowest BCUT2D eigenvalue weighted by atomic mass is 9.95. The van der Waals surface area contributed by atoms with E-state index in [1.165, 1.54) is 30.6 Å². The molecule has 1 aromatic carbocycles. The van der Waals surface area contributed by atoms with Gasteiger partial charge in [0.05, 0.1) is 22.9 Å². The Hall–Kier alpha value is -4.94. The van der Waals surface area contributed by atoms with Crippen LogP contribution in [0.2, 0.25) is 0 Å². The van der Waals surface area contributed by atoms with E-state index in [0.29, 0.717) is 22.5 Å². The molecule has 5 aromatic rings. The summed E-state index contributed by atoms with van der Waals surface area (Å²) in [5.41, 5.74) is 1.79. The van der Waals surface area contributed by atoms with Crippen LogP contribution in [-0.2, 0) is 4.79 Å². The van der Waals surface area contributed by atoms with E-state index >= 15 is 0 Å². The smallest absolute Gasteiger partial charge is 0.272 e. The zero-order valence-corrected chi connectivity index (χ0v) is 21.5. The van der Waals surface area contributed by atoms with E-state index in [4.69, 9.17) is 4.74 Å². The summed E-state index contributed by atoms with van der Waals surface area (Å²) >= 11 is 0. The first-order chi connectivity index (χ1) is 20.2. The second-order valence-corrected chi connectivity index (χ2v) is 9.11. The van der Waals surface area contributed by atoms with Crippen molar-refractivity contribution in [2.24, 2.45) is 0 Å². The molecule has 0 bridgehead atoms. The lowest BCUT2D eigenvalue weighted by molar-refractivity contribution is -0.118. The number of nitrogens with zero attached hydrogens (tertiary/aromatic N) is 3. The number of amides is 1. The fourth-order valence-corrected chi connectivity index (χ4v) is 4.48. The average molecular weight is 586 g/mol. The number of nitrogens with one attached hydrogen (secondary N) is 2. The number of benzene rings is 1. The predicted molar refractivity (Wildman–Crippen MR) is 142 cm³/mol. The van der Waals surface area contributed by atoms with Crippen LogP contribution < -0.4 is 10.1 Å². The highest BCUT2D eigenvalue weighted by atomic mass is 19.3. The summed E-state index contributed by atoms with van der Waals surface area (Å²) in [7, 11) is 0. The molecular formula is C29H21F6N5O2. The van der Waals surface area contributed by atoms with Crippen LogP contribution in [0, 0.1) is 11.8 Å². The van der Waals surface area contributed by atoms with Gasteiger partial charge in [0.2, 0.25) is 18.3 Å². The van der Waals surface area contributed by atoms with Crippen molar-refractivity contribution in [2.75, 3.05) is 11.9 Å². The van der Waals surface area contributed by atoms with Gasteiger partial charge in [-0.1, -0.05) is 18.2 Å². The molecule has 0 radical (unpaired) electrons. The summed E-state index contributed by atoms with van der Waals surface area (Å²) in [5.74, 6) is -3.84. The molecule has 2 N–H and O–H groups in total. The quantitative estimate of drug-likeness (QED) is 0.136. The van der Waals surface area contributed by atoms with Gasteiger partial charge in [-0.25, -0.2) is 31.9 Å². The maximum absolute atomic E-state index is 14.5. The molecule has 0 fully saturated rings. The maximum atomic E-state index is 14.5. The van der Waals surface area contributed by atoms with Crippen molar-refractivity contribution in [1.82, 2.24) is 19.9 Å². The minimum Gasteiger partial charge on any atom is -0.485 e. The Morgan fingerprint density at radius 2 is 1.71 bits per heavy atom. The van der Waals surface area contributed by atoms with Crippen LogP contribution in [-0.4, -0.2) is 45.3 Å². The monoisotopic (exact) mass is 585 g/mol. The number of hydrogen-bond acceptors (Lipinski definition) is 5. The molecule has 1 atom stereocenters. The molecule has 5 rings (SSSR count). The summed E-state index contributed by atoms with van der Waals surface area (Å²) in [5, 5.41) is 2.53. The van der Waals surface area contributed by atoms with Crippen molar-refractivity contribution in [1.29, 1.82) is 0 Å². The molecule has 1 amide bonds.